The van der Waals surface area contributed by atoms with Gasteiger partial charge in [0, 0.05) is 18.8 Å². The van der Waals surface area contributed by atoms with E-state index < -0.39 is 6.10 Å². The molecule has 1 aliphatic rings. The first-order valence-electron chi connectivity index (χ1n) is 5.97. The molecule has 1 aromatic rings. The predicted octanol–water partition coefficient (Wildman–Crippen LogP) is 1.67. The summed E-state index contributed by atoms with van der Waals surface area (Å²) in [5, 5.41) is 9.42. The van der Waals surface area contributed by atoms with Gasteiger partial charge in [0.15, 0.2) is 0 Å². The number of anilines is 1. The van der Waals surface area contributed by atoms with Crippen LogP contribution in [-0.4, -0.2) is 24.3 Å². The number of nitrogens with zero attached hydrogens (tertiary/aromatic N) is 1. The molecule has 0 unspecified atom stereocenters. The van der Waals surface area contributed by atoms with Crippen LogP contribution < -0.4 is 10.6 Å². The molecule has 2 atom stereocenters. The van der Waals surface area contributed by atoms with Crippen LogP contribution >= 0.6 is 0 Å². The Morgan fingerprint density at radius 1 is 1.19 bits per heavy atom. The number of hydrogen-bond acceptors (Lipinski definition) is 3. The van der Waals surface area contributed by atoms with Gasteiger partial charge < -0.3 is 15.7 Å². The third-order valence-corrected chi connectivity index (χ3v) is 3.27. The van der Waals surface area contributed by atoms with Crippen LogP contribution in [0.2, 0.25) is 0 Å². The van der Waals surface area contributed by atoms with E-state index in [1.807, 2.05) is 12.1 Å². The van der Waals surface area contributed by atoms with Crippen LogP contribution in [0.25, 0.3) is 0 Å². The molecule has 2 rings (SSSR count). The molecule has 0 amide bonds. The van der Waals surface area contributed by atoms with Crippen LogP contribution in [0.3, 0.4) is 0 Å². The lowest BCUT2D eigenvalue weighted by atomic mass is 10.0. The second-order valence-corrected chi connectivity index (χ2v) is 4.55. The Hall–Kier alpha value is -1.06. The van der Waals surface area contributed by atoms with Crippen molar-refractivity contribution in [3.8, 4) is 0 Å². The van der Waals surface area contributed by atoms with E-state index in [4.69, 9.17) is 5.73 Å². The van der Waals surface area contributed by atoms with Gasteiger partial charge in [0.2, 0.25) is 0 Å². The van der Waals surface area contributed by atoms with Gasteiger partial charge in [-0.15, -0.1) is 0 Å². The molecule has 1 fully saturated rings. The maximum atomic E-state index is 9.42. The summed E-state index contributed by atoms with van der Waals surface area (Å²) in [5.74, 6) is 0. The molecule has 0 radical (unpaired) electrons. The molecule has 1 saturated heterocycles. The minimum absolute atomic E-state index is 0.285. The summed E-state index contributed by atoms with van der Waals surface area (Å²) in [7, 11) is 0. The van der Waals surface area contributed by atoms with Crippen molar-refractivity contribution in [2.45, 2.75) is 31.9 Å². The van der Waals surface area contributed by atoms with E-state index in [0.717, 1.165) is 18.7 Å². The highest BCUT2D eigenvalue weighted by molar-refractivity contribution is 5.48. The third kappa shape index (κ3) is 2.36. The van der Waals surface area contributed by atoms with Crippen molar-refractivity contribution in [1.29, 1.82) is 0 Å². The molecule has 0 saturated carbocycles. The molecule has 0 aromatic heterocycles. The molecular formula is C13H20N2O. The van der Waals surface area contributed by atoms with Crippen molar-refractivity contribution in [1.82, 2.24) is 0 Å². The second-order valence-electron chi connectivity index (χ2n) is 4.55. The van der Waals surface area contributed by atoms with E-state index in [1.54, 1.807) is 6.92 Å². The summed E-state index contributed by atoms with van der Waals surface area (Å²) in [5.41, 5.74) is 8.14. The van der Waals surface area contributed by atoms with Crippen LogP contribution in [0.5, 0.6) is 0 Å². The fourth-order valence-electron chi connectivity index (χ4n) is 2.16. The van der Waals surface area contributed by atoms with Gasteiger partial charge in [0.1, 0.15) is 0 Å². The van der Waals surface area contributed by atoms with E-state index in [2.05, 4.69) is 17.0 Å². The average molecular weight is 220 g/mol. The quantitative estimate of drug-likeness (QED) is 0.814. The first kappa shape index (κ1) is 11.4. The zero-order chi connectivity index (χ0) is 11.5. The first-order valence-corrected chi connectivity index (χ1v) is 5.97. The molecule has 88 valence electrons. The zero-order valence-corrected chi connectivity index (χ0v) is 9.76. The topological polar surface area (TPSA) is 49.5 Å². The summed E-state index contributed by atoms with van der Waals surface area (Å²) in [4.78, 5) is 2.39. The molecule has 0 bridgehead atoms. The van der Waals surface area contributed by atoms with E-state index in [1.165, 1.54) is 18.5 Å². The lowest BCUT2D eigenvalue weighted by molar-refractivity contribution is 0.164. The molecule has 3 N–H and O–H groups in total. The molecule has 1 aromatic carbocycles. The Bertz CT molecular complexity index is 307. The van der Waals surface area contributed by atoms with Crippen molar-refractivity contribution < 1.29 is 5.11 Å². The summed E-state index contributed by atoms with van der Waals surface area (Å²) < 4.78 is 0. The summed E-state index contributed by atoms with van der Waals surface area (Å²) >= 11 is 0. The Balaban J connectivity index is 2.09. The van der Waals surface area contributed by atoms with Crippen molar-refractivity contribution in [2.75, 3.05) is 18.0 Å². The molecule has 0 spiro atoms. The maximum absolute atomic E-state index is 9.42. The van der Waals surface area contributed by atoms with Crippen molar-refractivity contribution in [2.24, 2.45) is 5.73 Å². The highest BCUT2D eigenvalue weighted by Crippen LogP contribution is 2.22. The van der Waals surface area contributed by atoms with Crippen LogP contribution in [0, 0.1) is 0 Å². The van der Waals surface area contributed by atoms with E-state index in [0.29, 0.717) is 0 Å². The minimum atomic E-state index is -0.502. The normalized spacial score (nSPS) is 19.8. The second kappa shape index (κ2) is 4.85. The molecular weight excluding hydrogens is 200 g/mol. The minimum Gasteiger partial charge on any atom is -0.391 e. The van der Waals surface area contributed by atoms with Crippen LogP contribution in [0.15, 0.2) is 24.3 Å². The highest BCUT2D eigenvalue weighted by atomic mass is 16.3. The Morgan fingerprint density at radius 3 is 2.25 bits per heavy atom. The highest BCUT2D eigenvalue weighted by Gasteiger charge is 2.14. The SMILES string of the molecule is C[C@@H](O)[C@@H](N)c1ccc(N2CCCC2)cc1. The smallest absolute Gasteiger partial charge is 0.0704 e. The Labute approximate surface area is 96.9 Å². The van der Waals surface area contributed by atoms with Gasteiger partial charge >= 0.3 is 0 Å². The van der Waals surface area contributed by atoms with E-state index >= 15 is 0 Å². The van der Waals surface area contributed by atoms with Gasteiger partial charge in [-0.05, 0) is 37.5 Å². The number of aliphatic hydroxyl groups excluding tert-OH is 1. The molecule has 0 aliphatic carbocycles. The maximum Gasteiger partial charge on any atom is 0.0704 e. The predicted molar refractivity (Wildman–Crippen MR) is 66.5 cm³/mol. The van der Waals surface area contributed by atoms with Gasteiger partial charge in [-0.25, -0.2) is 0 Å². The van der Waals surface area contributed by atoms with E-state index in [-0.39, 0.29) is 6.04 Å². The summed E-state index contributed by atoms with van der Waals surface area (Å²) in [6, 6.07) is 7.95. The largest absolute Gasteiger partial charge is 0.391 e. The first-order chi connectivity index (χ1) is 7.68. The van der Waals surface area contributed by atoms with Gasteiger partial charge in [-0.3, -0.25) is 0 Å². The monoisotopic (exact) mass is 220 g/mol. The van der Waals surface area contributed by atoms with E-state index in [9.17, 15) is 5.11 Å². The number of hydrogen-bond donors (Lipinski definition) is 2. The Kier molecular flexibility index (Phi) is 3.46. The zero-order valence-electron chi connectivity index (χ0n) is 9.76. The van der Waals surface area contributed by atoms with Crippen LogP contribution in [0.4, 0.5) is 5.69 Å². The van der Waals surface area contributed by atoms with Crippen molar-refractivity contribution in [3.63, 3.8) is 0 Å². The van der Waals surface area contributed by atoms with Gasteiger partial charge in [0.05, 0.1) is 12.1 Å². The lowest BCUT2D eigenvalue weighted by Gasteiger charge is -2.20. The standard InChI is InChI=1S/C13H20N2O/c1-10(16)13(14)11-4-6-12(7-5-11)15-8-2-3-9-15/h4-7,10,13,16H,2-3,8-9,14H2,1H3/t10-,13-/m1/s1. The van der Waals surface area contributed by atoms with Crippen LogP contribution in [-0.2, 0) is 0 Å². The number of rotatable bonds is 3. The van der Waals surface area contributed by atoms with Crippen molar-refractivity contribution >= 4 is 5.69 Å². The molecule has 3 heteroatoms. The van der Waals surface area contributed by atoms with Gasteiger partial charge in [0.25, 0.3) is 0 Å². The summed E-state index contributed by atoms with van der Waals surface area (Å²) in [6.07, 6.45) is 2.07. The molecule has 3 nitrogen and oxygen atoms in total. The molecule has 16 heavy (non-hydrogen) atoms. The fraction of sp³-hybridized carbons (Fsp3) is 0.538. The van der Waals surface area contributed by atoms with Crippen molar-refractivity contribution in [3.05, 3.63) is 29.8 Å². The van der Waals surface area contributed by atoms with Gasteiger partial charge in [-0.2, -0.15) is 0 Å². The molecule has 1 aliphatic heterocycles. The Morgan fingerprint density at radius 2 is 1.75 bits per heavy atom. The van der Waals surface area contributed by atoms with Crippen LogP contribution in [0.1, 0.15) is 31.4 Å². The lowest BCUT2D eigenvalue weighted by Crippen LogP contribution is -2.23. The molecule has 1 heterocycles. The number of nitrogens with two attached hydrogens (primary N) is 1. The average Bonchev–Trinajstić information content (AvgIpc) is 2.81. The third-order valence-electron chi connectivity index (χ3n) is 3.27. The fourth-order valence-corrected chi connectivity index (χ4v) is 2.16. The number of benzene rings is 1. The summed E-state index contributed by atoms with van der Waals surface area (Å²) in [6.45, 7) is 4.03. The van der Waals surface area contributed by atoms with Gasteiger partial charge in [-0.1, -0.05) is 12.1 Å². The number of aliphatic hydroxyl groups is 1.